The van der Waals surface area contributed by atoms with Crippen molar-refractivity contribution in [2.45, 2.75) is 0 Å². The minimum atomic E-state index is -0.881. The Morgan fingerprint density at radius 1 is 1.42 bits per heavy atom. The summed E-state index contributed by atoms with van der Waals surface area (Å²) in [5.74, 6) is -0.881. The van der Waals surface area contributed by atoms with Crippen molar-refractivity contribution in [1.29, 1.82) is 0 Å². The van der Waals surface area contributed by atoms with E-state index in [4.69, 9.17) is 5.11 Å². The van der Waals surface area contributed by atoms with E-state index in [1.54, 1.807) is 17.2 Å². The van der Waals surface area contributed by atoms with Crippen LogP contribution in [0.2, 0.25) is 0 Å². The zero-order chi connectivity index (χ0) is 9.40. The van der Waals surface area contributed by atoms with Gasteiger partial charge in [-0.2, -0.15) is 0 Å². The molecule has 0 bridgehead atoms. The lowest BCUT2D eigenvalue weighted by atomic mass is 10.5. The van der Waals surface area contributed by atoms with Gasteiger partial charge in [0.15, 0.2) is 0 Å². The number of hydrazine groups is 1. The van der Waals surface area contributed by atoms with Gasteiger partial charge >= 0.3 is 5.97 Å². The average molecular weight is 170 g/mol. The Labute approximate surface area is 72.2 Å². The molecule has 0 saturated carbocycles. The van der Waals surface area contributed by atoms with Crippen molar-refractivity contribution in [2.75, 3.05) is 19.6 Å². The van der Waals surface area contributed by atoms with Gasteiger partial charge in [0.25, 0.3) is 0 Å². The molecule has 0 atom stereocenters. The summed E-state index contributed by atoms with van der Waals surface area (Å²) >= 11 is 0. The van der Waals surface area contributed by atoms with Crippen LogP contribution in [0.1, 0.15) is 0 Å². The largest absolute Gasteiger partial charge is 0.480 e. The third kappa shape index (κ3) is 5.64. The summed E-state index contributed by atoms with van der Waals surface area (Å²) in [7, 11) is 0. The third-order valence-electron chi connectivity index (χ3n) is 1.15. The Hall–Kier alpha value is -1.13. The van der Waals surface area contributed by atoms with Gasteiger partial charge in [-0.15, -0.1) is 13.2 Å². The zero-order valence-corrected chi connectivity index (χ0v) is 6.99. The average Bonchev–Trinajstić information content (AvgIpc) is 2.01. The van der Waals surface area contributed by atoms with Crippen LogP contribution in [-0.2, 0) is 4.79 Å². The summed E-state index contributed by atoms with van der Waals surface area (Å²) in [5, 5.41) is 10.1. The maximum Gasteiger partial charge on any atom is 0.318 e. The van der Waals surface area contributed by atoms with E-state index in [2.05, 4.69) is 18.6 Å². The van der Waals surface area contributed by atoms with Crippen LogP contribution in [0.15, 0.2) is 25.3 Å². The standard InChI is InChI=1S/C8H14N2O2/c1-3-5-10(6-4-2)9-7-8(11)12/h3-4,9H,1-2,5-7H2,(H,11,12). The molecule has 0 aromatic heterocycles. The number of hydrogen-bond acceptors (Lipinski definition) is 3. The zero-order valence-electron chi connectivity index (χ0n) is 6.99. The number of nitrogens with zero attached hydrogens (tertiary/aromatic N) is 1. The highest BCUT2D eigenvalue weighted by atomic mass is 16.4. The number of rotatable bonds is 7. The van der Waals surface area contributed by atoms with Gasteiger partial charge < -0.3 is 5.11 Å². The SMILES string of the molecule is C=CCN(CC=C)NCC(=O)O. The minimum Gasteiger partial charge on any atom is -0.480 e. The van der Waals surface area contributed by atoms with Crippen LogP contribution < -0.4 is 5.43 Å². The number of carbonyl (C=O) groups is 1. The van der Waals surface area contributed by atoms with Crippen LogP contribution in [0.25, 0.3) is 0 Å². The fourth-order valence-electron chi connectivity index (χ4n) is 0.695. The fourth-order valence-corrected chi connectivity index (χ4v) is 0.695. The predicted molar refractivity (Wildman–Crippen MR) is 47.6 cm³/mol. The Bertz CT molecular complexity index is 158. The number of hydrogen-bond donors (Lipinski definition) is 2. The highest BCUT2D eigenvalue weighted by Gasteiger charge is 2.01. The molecule has 0 aromatic rings. The predicted octanol–water partition coefficient (Wildman–Crippen LogP) is 0.250. The summed E-state index contributed by atoms with van der Waals surface area (Å²) in [6.07, 6.45) is 3.39. The lowest BCUT2D eigenvalue weighted by Gasteiger charge is -2.18. The van der Waals surface area contributed by atoms with Gasteiger partial charge in [0.05, 0.1) is 0 Å². The Morgan fingerprint density at radius 3 is 2.25 bits per heavy atom. The molecule has 4 heteroatoms. The van der Waals surface area contributed by atoms with Crippen LogP contribution in [-0.4, -0.2) is 35.7 Å². The highest BCUT2D eigenvalue weighted by Crippen LogP contribution is 1.82. The molecule has 68 valence electrons. The van der Waals surface area contributed by atoms with Crippen molar-refractivity contribution >= 4 is 5.97 Å². The first-order valence-electron chi connectivity index (χ1n) is 3.62. The van der Waals surface area contributed by atoms with Crippen molar-refractivity contribution in [1.82, 2.24) is 10.4 Å². The first-order chi connectivity index (χ1) is 5.70. The van der Waals surface area contributed by atoms with Gasteiger partial charge in [0.2, 0.25) is 0 Å². The summed E-state index contributed by atoms with van der Waals surface area (Å²) in [6, 6.07) is 0. The Morgan fingerprint density at radius 2 is 1.92 bits per heavy atom. The van der Waals surface area contributed by atoms with E-state index in [0.717, 1.165) is 0 Å². The molecule has 0 rings (SSSR count). The quantitative estimate of drug-likeness (QED) is 0.425. The molecule has 0 heterocycles. The first-order valence-corrected chi connectivity index (χ1v) is 3.62. The summed E-state index contributed by atoms with van der Waals surface area (Å²) in [6.45, 7) is 8.20. The van der Waals surface area contributed by atoms with E-state index < -0.39 is 5.97 Å². The second kappa shape index (κ2) is 6.57. The molecule has 0 unspecified atom stereocenters. The molecule has 0 aliphatic rings. The Kier molecular flexibility index (Phi) is 5.95. The lowest BCUT2D eigenvalue weighted by molar-refractivity contribution is -0.136. The molecule has 0 amide bonds. The van der Waals surface area contributed by atoms with E-state index in [9.17, 15) is 4.79 Å². The molecule has 0 aliphatic heterocycles. The van der Waals surface area contributed by atoms with E-state index in [0.29, 0.717) is 13.1 Å². The summed E-state index contributed by atoms with van der Waals surface area (Å²) in [4.78, 5) is 10.2. The van der Waals surface area contributed by atoms with Crippen LogP contribution in [0, 0.1) is 0 Å². The molecular formula is C8H14N2O2. The van der Waals surface area contributed by atoms with Crippen molar-refractivity contribution < 1.29 is 9.90 Å². The maximum absolute atomic E-state index is 10.2. The van der Waals surface area contributed by atoms with Crippen molar-refractivity contribution in [3.05, 3.63) is 25.3 Å². The van der Waals surface area contributed by atoms with E-state index in [-0.39, 0.29) is 6.54 Å². The molecular weight excluding hydrogens is 156 g/mol. The summed E-state index contributed by atoms with van der Waals surface area (Å²) in [5.41, 5.74) is 2.71. The number of carboxylic acids is 1. The van der Waals surface area contributed by atoms with Crippen LogP contribution in [0.3, 0.4) is 0 Å². The first kappa shape index (κ1) is 10.9. The lowest BCUT2D eigenvalue weighted by Crippen LogP contribution is -2.41. The molecule has 2 N–H and O–H groups in total. The topological polar surface area (TPSA) is 52.6 Å². The van der Waals surface area contributed by atoms with Crippen LogP contribution >= 0.6 is 0 Å². The molecule has 0 aromatic carbocycles. The number of carboxylic acid groups (broad SMARTS) is 1. The van der Waals surface area contributed by atoms with E-state index >= 15 is 0 Å². The van der Waals surface area contributed by atoms with Gasteiger partial charge in [-0.05, 0) is 0 Å². The smallest absolute Gasteiger partial charge is 0.318 e. The van der Waals surface area contributed by atoms with Gasteiger partial charge in [-0.3, -0.25) is 4.79 Å². The van der Waals surface area contributed by atoms with Crippen molar-refractivity contribution in [2.24, 2.45) is 0 Å². The second-order valence-corrected chi connectivity index (χ2v) is 2.21. The van der Waals surface area contributed by atoms with Gasteiger partial charge in [-0.25, -0.2) is 10.4 Å². The van der Waals surface area contributed by atoms with E-state index in [1.807, 2.05) is 0 Å². The maximum atomic E-state index is 10.2. The van der Waals surface area contributed by atoms with E-state index in [1.165, 1.54) is 0 Å². The van der Waals surface area contributed by atoms with Crippen molar-refractivity contribution in [3.8, 4) is 0 Å². The monoisotopic (exact) mass is 170 g/mol. The molecule has 0 spiro atoms. The molecule has 0 radical (unpaired) electrons. The summed E-state index contributed by atoms with van der Waals surface area (Å²) < 4.78 is 0. The van der Waals surface area contributed by atoms with Crippen molar-refractivity contribution in [3.63, 3.8) is 0 Å². The highest BCUT2D eigenvalue weighted by molar-refractivity contribution is 5.68. The van der Waals surface area contributed by atoms with Crippen LogP contribution in [0.5, 0.6) is 0 Å². The molecule has 4 nitrogen and oxygen atoms in total. The van der Waals surface area contributed by atoms with Gasteiger partial charge in [-0.1, -0.05) is 12.2 Å². The van der Waals surface area contributed by atoms with Gasteiger partial charge in [0.1, 0.15) is 6.54 Å². The third-order valence-corrected chi connectivity index (χ3v) is 1.15. The molecule has 12 heavy (non-hydrogen) atoms. The van der Waals surface area contributed by atoms with Crippen LogP contribution in [0.4, 0.5) is 0 Å². The van der Waals surface area contributed by atoms with Gasteiger partial charge in [0, 0.05) is 13.1 Å². The molecule has 0 aliphatic carbocycles. The second-order valence-electron chi connectivity index (χ2n) is 2.21. The Balaban J connectivity index is 3.68. The normalized spacial score (nSPS) is 9.75. The minimum absolute atomic E-state index is 0.0817. The number of nitrogens with one attached hydrogen (secondary N) is 1. The fraction of sp³-hybridized carbons (Fsp3) is 0.375. The molecule has 0 fully saturated rings. The number of aliphatic carboxylic acids is 1. The molecule has 0 saturated heterocycles.